The van der Waals surface area contributed by atoms with E-state index in [2.05, 4.69) is 37.9 Å². The Bertz CT molecular complexity index is 217. The van der Waals surface area contributed by atoms with E-state index in [4.69, 9.17) is 0 Å². The Hall–Kier alpha value is -0.850. The molecule has 1 aliphatic rings. The molecule has 1 nitrogen and oxygen atoms in total. The summed E-state index contributed by atoms with van der Waals surface area (Å²) in [6, 6.07) is 0.392. The van der Waals surface area contributed by atoms with Gasteiger partial charge in [0, 0.05) is 6.21 Å². The maximum absolute atomic E-state index is 4.38. The first kappa shape index (κ1) is 8.25. The lowest BCUT2D eigenvalue weighted by molar-refractivity contribution is 0.818. The molecule has 1 heterocycles. The Kier molecular flexibility index (Phi) is 2.64. The Balaban J connectivity index is 2.56. The summed E-state index contributed by atoms with van der Waals surface area (Å²) in [6.45, 7) is 6.31. The van der Waals surface area contributed by atoms with E-state index in [9.17, 15) is 0 Å². The third kappa shape index (κ3) is 2.71. The third-order valence-corrected chi connectivity index (χ3v) is 1.68. The molecule has 0 saturated heterocycles. The summed E-state index contributed by atoms with van der Waals surface area (Å²) in [5.41, 5.74) is 2.63. The lowest BCUT2D eigenvalue weighted by Crippen LogP contribution is -2.04. The van der Waals surface area contributed by atoms with Crippen LogP contribution in [0, 0.1) is 0 Å². The summed E-state index contributed by atoms with van der Waals surface area (Å²) in [4.78, 5) is 4.38. The Labute approximate surface area is 68.5 Å². The molecule has 0 aromatic carbocycles. The molecule has 0 fully saturated rings. The lowest BCUT2D eigenvalue weighted by atomic mass is 10.1. The fourth-order valence-electron chi connectivity index (χ4n) is 1.13. The van der Waals surface area contributed by atoms with E-state index >= 15 is 0 Å². The minimum atomic E-state index is 0.392. The van der Waals surface area contributed by atoms with E-state index in [1.54, 1.807) is 0 Å². The van der Waals surface area contributed by atoms with Gasteiger partial charge in [0.2, 0.25) is 0 Å². The molecule has 0 aromatic heterocycles. The highest BCUT2D eigenvalue weighted by Crippen LogP contribution is 2.10. The van der Waals surface area contributed by atoms with Crippen molar-refractivity contribution < 1.29 is 0 Å². The average Bonchev–Trinajstić information content (AvgIpc) is 1.93. The molecule has 1 heteroatoms. The van der Waals surface area contributed by atoms with E-state index in [1.165, 1.54) is 11.1 Å². The Morgan fingerprint density at radius 3 is 2.82 bits per heavy atom. The average molecular weight is 149 g/mol. The van der Waals surface area contributed by atoms with Crippen LogP contribution in [0.3, 0.4) is 0 Å². The standard InChI is InChI=1S/C10H15N/c1-8(2)6-10-5-4-9(3)7-11-10/h4,6-7,10H,5H2,1-3H3. The molecular formula is C10H15N. The highest BCUT2D eigenvalue weighted by molar-refractivity contribution is 5.78. The van der Waals surface area contributed by atoms with Gasteiger partial charge in [-0.05, 0) is 32.8 Å². The van der Waals surface area contributed by atoms with E-state index in [-0.39, 0.29) is 0 Å². The summed E-state index contributed by atoms with van der Waals surface area (Å²) in [5.74, 6) is 0. The van der Waals surface area contributed by atoms with Gasteiger partial charge >= 0.3 is 0 Å². The summed E-state index contributed by atoms with van der Waals surface area (Å²) in [6.07, 6.45) is 7.46. The van der Waals surface area contributed by atoms with Crippen LogP contribution in [-0.2, 0) is 0 Å². The zero-order chi connectivity index (χ0) is 8.27. The van der Waals surface area contributed by atoms with Crippen molar-refractivity contribution in [2.45, 2.75) is 33.2 Å². The Morgan fingerprint density at radius 2 is 2.36 bits per heavy atom. The summed E-state index contributed by atoms with van der Waals surface area (Å²) in [5, 5.41) is 0. The number of allylic oxidation sites excluding steroid dienone is 2. The second-order valence-electron chi connectivity index (χ2n) is 3.27. The molecule has 1 aliphatic heterocycles. The lowest BCUT2D eigenvalue weighted by Gasteiger charge is -2.10. The highest BCUT2D eigenvalue weighted by atomic mass is 14.8. The number of hydrogen-bond donors (Lipinski definition) is 0. The summed E-state index contributed by atoms with van der Waals surface area (Å²) < 4.78 is 0. The second-order valence-corrected chi connectivity index (χ2v) is 3.27. The highest BCUT2D eigenvalue weighted by Gasteiger charge is 2.03. The molecule has 0 N–H and O–H groups in total. The first-order valence-corrected chi connectivity index (χ1v) is 4.03. The van der Waals surface area contributed by atoms with Crippen LogP contribution < -0.4 is 0 Å². The van der Waals surface area contributed by atoms with Crippen molar-refractivity contribution in [2.24, 2.45) is 4.99 Å². The molecule has 60 valence electrons. The first-order chi connectivity index (χ1) is 5.18. The maximum atomic E-state index is 4.38. The molecular weight excluding hydrogens is 134 g/mol. The van der Waals surface area contributed by atoms with Gasteiger partial charge in [-0.1, -0.05) is 17.7 Å². The van der Waals surface area contributed by atoms with Gasteiger partial charge in [0.05, 0.1) is 6.04 Å². The van der Waals surface area contributed by atoms with E-state index < -0.39 is 0 Å². The second kappa shape index (κ2) is 3.51. The topological polar surface area (TPSA) is 12.4 Å². The van der Waals surface area contributed by atoms with Gasteiger partial charge in [-0.3, -0.25) is 4.99 Å². The number of hydrogen-bond acceptors (Lipinski definition) is 1. The van der Waals surface area contributed by atoms with Crippen LogP contribution in [-0.4, -0.2) is 12.3 Å². The normalized spacial score (nSPS) is 22.8. The molecule has 0 radical (unpaired) electrons. The van der Waals surface area contributed by atoms with E-state index in [0.717, 1.165) is 6.42 Å². The van der Waals surface area contributed by atoms with Crippen LogP contribution in [0.15, 0.2) is 28.3 Å². The van der Waals surface area contributed by atoms with Crippen molar-refractivity contribution in [1.29, 1.82) is 0 Å². The zero-order valence-electron chi connectivity index (χ0n) is 7.46. The van der Waals surface area contributed by atoms with Crippen LogP contribution in [0.2, 0.25) is 0 Å². The smallest absolute Gasteiger partial charge is 0.0716 e. The molecule has 11 heavy (non-hydrogen) atoms. The van der Waals surface area contributed by atoms with Gasteiger partial charge in [-0.25, -0.2) is 0 Å². The predicted octanol–water partition coefficient (Wildman–Crippen LogP) is 2.74. The van der Waals surface area contributed by atoms with Gasteiger partial charge in [0.1, 0.15) is 0 Å². The van der Waals surface area contributed by atoms with Crippen LogP contribution in [0.5, 0.6) is 0 Å². The monoisotopic (exact) mass is 149 g/mol. The fourth-order valence-corrected chi connectivity index (χ4v) is 1.13. The Morgan fingerprint density at radius 1 is 1.64 bits per heavy atom. The molecule has 0 aromatic rings. The molecule has 1 atom stereocenters. The molecule has 0 spiro atoms. The van der Waals surface area contributed by atoms with E-state index in [0.29, 0.717) is 6.04 Å². The molecule has 0 amide bonds. The first-order valence-electron chi connectivity index (χ1n) is 4.03. The molecule has 0 saturated carbocycles. The van der Waals surface area contributed by atoms with E-state index in [1.807, 2.05) is 6.21 Å². The SMILES string of the molecule is CC(C)=CC1CC=C(C)C=N1. The summed E-state index contributed by atoms with van der Waals surface area (Å²) in [7, 11) is 0. The van der Waals surface area contributed by atoms with Crippen molar-refractivity contribution in [3.63, 3.8) is 0 Å². The van der Waals surface area contributed by atoms with Gasteiger partial charge in [-0.15, -0.1) is 0 Å². The molecule has 0 bridgehead atoms. The van der Waals surface area contributed by atoms with Crippen LogP contribution in [0.4, 0.5) is 0 Å². The van der Waals surface area contributed by atoms with Gasteiger partial charge < -0.3 is 0 Å². The van der Waals surface area contributed by atoms with Gasteiger partial charge in [0.25, 0.3) is 0 Å². The molecule has 1 rings (SSSR count). The molecule has 1 unspecified atom stereocenters. The van der Waals surface area contributed by atoms with Crippen molar-refractivity contribution in [3.8, 4) is 0 Å². The van der Waals surface area contributed by atoms with Gasteiger partial charge in [-0.2, -0.15) is 0 Å². The van der Waals surface area contributed by atoms with Crippen LogP contribution in [0.25, 0.3) is 0 Å². The fraction of sp³-hybridized carbons (Fsp3) is 0.500. The third-order valence-electron chi connectivity index (χ3n) is 1.68. The van der Waals surface area contributed by atoms with Crippen LogP contribution >= 0.6 is 0 Å². The number of aliphatic imine (C=N–C) groups is 1. The minimum absolute atomic E-state index is 0.392. The van der Waals surface area contributed by atoms with Gasteiger partial charge in [0.15, 0.2) is 0 Å². The number of nitrogens with zero attached hydrogens (tertiary/aromatic N) is 1. The van der Waals surface area contributed by atoms with Crippen molar-refractivity contribution in [2.75, 3.05) is 0 Å². The van der Waals surface area contributed by atoms with Crippen LogP contribution in [0.1, 0.15) is 27.2 Å². The van der Waals surface area contributed by atoms with Crippen molar-refractivity contribution in [1.82, 2.24) is 0 Å². The zero-order valence-corrected chi connectivity index (χ0v) is 7.46. The number of rotatable bonds is 1. The number of dihydropyridines is 1. The largest absolute Gasteiger partial charge is 0.285 e. The predicted molar refractivity (Wildman–Crippen MR) is 50.1 cm³/mol. The minimum Gasteiger partial charge on any atom is -0.285 e. The van der Waals surface area contributed by atoms with Crippen molar-refractivity contribution >= 4 is 6.21 Å². The summed E-state index contributed by atoms with van der Waals surface area (Å²) >= 11 is 0. The van der Waals surface area contributed by atoms with Crippen molar-refractivity contribution in [3.05, 3.63) is 23.3 Å². The maximum Gasteiger partial charge on any atom is 0.0716 e. The molecule has 0 aliphatic carbocycles. The quantitative estimate of drug-likeness (QED) is 0.508.